The minimum absolute atomic E-state index is 1.04. The second kappa shape index (κ2) is 4.77. The van der Waals surface area contributed by atoms with Crippen molar-refractivity contribution in [3.63, 3.8) is 0 Å². The average molecular weight is 219 g/mol. The van der Waals surface area contributed by atoms with E-state index in [1.54, 1.807) is 0 Å². The van der Waals surface area contributed by atoms with Gasteiger partial charge in [-0.2, -0.15) is 0 Å². The monoisotopic (exact) mass is 219 g/mol. The van der Waals surface area contributed by atoms with Gasteiger partial charge in [0.15, 0.2) is 0 Å². The van der Waals surface area contributed by atoms with Crippen LogP contribution in [-0.2, 0) is 6.54 Å². The molecular formula is C13H21NSi. The Bertz CT molecular complexity index is 339. The van der Waals surface area contributed by atoms with Gasteiger partial charge in [0.05, 0.1) is 0 Å². The summed E-state index contributed by atoms with van der Waals surface area (Å²) in [4.78, 5) is 0. The highest BCUT2D eigenvalue weighted by molar-refractivity contribution is 6.73. The van der Waals surface area contributed by atoms with Crippen LogP contribution in [0.2, 0.25) is 19.6 Å². The molecule has 1 aromatic rings. The Morgan fingerprint density at radius 3 is 2.53 bits per heavy atom. The molecule has 0 amide bonds. The van der Waals surface area contributed by atoms with E-state index in [9.17, 15) is 0 Å². The van der Waals surface area contributed by atoms with Crippen molar-refractivity contribution in [3.8, 4) is 0 Å². The number of hydrogen-bond acceptors (Lipinski definition) is 1. The van der Waals surface area contributed by atoms with Crippen LogP contribution in [0, 0.1) is 0 Å². The molecule has 0 radical (unpaired) electrons. The Balaban J connectivity index is 2.76. The Morgan fingerprint density at radius 2 is 2.00 bits per heavy atom. The topological polar surface area (TPSA) is 3.24 Å². The van der Waals surface area contributed by atoms with Crippen LogP contribution >= 0.6 is 0 Å². The van der Waals surface area contributed by atoms with E-state index >= 15 is 0 Å². The van der Waals surface area contributed by atoms with E-state index in [-0.39, 0.29) is 0 Å². The maximum absolute atomic E-state index is 3.80. The molecule has 1 aromatic carbocycles. The second-order valence-corrected chi connectivity index (χ2v) is 10.1. The van der Waals surface area contributed by atoms with E-state index < -0.39 is 8.24 Å². The second-order valence-electron chi connectivity index (χ2n) is 4.98. The van der Waals surface area contributed by atoms with Crippen LogP contribution in [0.3, 0.4) is 0 Å². The Labute approximate surface area is 94.5 Å². The Morgan fingerprint density at radius 1 is 1.33 bits per heavy atom. The van der Waals surface area contributed by atoms with Crippen molar-refractivity contribution in [2.75, 3.05) is 7.05 Å². The van der Waals surface area contributed by atoms with Gasteiger partial charge in [0, 0.05) is 6.54 Å². The van der Waals surface area contributed by atoms with Crippen LogP contribution in [0.15, 0.2) is 30.8 Å². The van der Waals surface area contributed by atoms with Crippen LogP contribution in [0.1, 0.15) is 11.1 Å². The van der Waals surface area contributed by atoms with E-state index in [0.29, 0.717) is 0 Å². The summed E-state index contributed by atoms with van der Waals surface area (Å²) < 4.78 is 2.48. The van der Waals surface area contributed by atoms with Crippen LogP contribution in [0.4, 0.5) is 0 Å². The van der Waals surface area contributed by atoms with Crippen LogP contribution < -0.4 is 0 Å². The smallest absolute Gasteiger partial charge is 0.119 e. The molecule has 82 valence electrons. The molecule has 0 saturated carbocycles. The van der Waals surface area contributed by atoms with Gasteiger partial charge in [-0.3, -0.25) is 0 Å². The van der Waals surface area contributed by atoms with E-state index in [4.69, 9.17) is 0 Å². The van der Waals surface area contributed by atoms with Crippen molar-refractivity contribution in [1.29, 1.82) is 0 Å². The van der Waals surface area contributed by atoms with Crippen molar-refractivity contribution in [3.05, 3.63) is 42.0 Å². The molecule has 2 heteroatoms. The molecule has 0 aliphatic heterocycles. The third-order valence-corrected chi connectivity index (χ3v) is 5.20. The molecular weight excluding hydrogens is 198 g/mol. The van der Waals surface area contributed by atoms with Crippen molar-refractivity contribution in [2.24, 2.45) is 0 Å². The van der Waals surface area contributed by atoms with Gasteiger partial charge in [-0.25, -0.2) is 0 Å². The predicted octanol–water partition coefficient (Wildman–Crippen LogP) is 3.60. The fraction of sp³-hybridized carbons (Fsp3) is 0.385. The molecule has 0 unspecified atom stereocenters. The van der Waals surface area contributed by atoms with Gasteiger partial charge in [0.1, 0.15) is 8.24 Å². The fourth-order valence-corrected chi connectivity index (χ4v) is 1.99. The van der Waals surface area contributed by atoms with E-state index in [2.05, 4.69) is 62.1 Å². The summed E-state index contributed by atoms with van der Waals surface area (Å²) in [6.45, 7) is 11.9. The van der Waals surface area contributed by atoms with Gasteiger partial charge >= 0.3 is 0 Å². The lowest BCUT2D eigenvalue weighted by Crippen LogP contribution is -2.42. The first-order valence-corrected chi connectivity index (χ1v) is 8.81. The Hall–Kier alpha value is -0.863. The lowest BCUT2D eigenvalue weighted by Gasteiger charge is -2.30. The summed E-state index contributed by atoms with van der Waals surface area (Å²) in [5, 5.41) is 0. The quantitative estimate of drug-likeness (QED) is 0.699. The zero-order valence-electron chi connectivity index (χ0n) is 10.2. The van der Waals surface area contributed by atoms with E-state index in [0.717, 1.165) is 6.54 Å². The molecule has 0 aliphatic rings. The first-order valence-electron chi connectivity index (χ1n) is 5.36. The normalized spacial score (nSPS) is 11.8. The minimum Gasteiger partial charge on any atom is -0.323 e. The highest BCUT2D eigenvalue weighted by Crippen LogP contribution is 2.13. The zero-order chi connectivity index (χ0) is 11.5. The molecule has 1 nitrogen and oxygen atoms in total. The summed E-state index contributed by atoms with van der Waals surface area (Å²) in [6, 6.07) is 8.59. The van der Waals surface area contributed by atoms with Crippen molar-refractivity contribution >= 4 is 14.3 Å². The van der Waals surface area contributed by atoms with Crippen LogP contribution in [-0.4, -0.2) is 19.8 Å². The molecule has 1 rings (SSSR count). The molecule has 0 atom stereocenters. The summed E-state index contributed by atoms with van der Waals surface area (Å²) >= 11 is 0. The van der Waals surface area contributed by atoms with Crippen LogP contribution in [0.25, 0.3) is 6.08 Å². The van der Waals surface area contributed by atoms with Crippen molar-refractivity contribution < 1.29 is 0 Å². The Kier molecular flexibility index (Phi) is 3.88. The highest BCUT2D eigenvalue weighted by Gasteiger charge is 2.19. The molecule has 0 spiro atoms. The number of rotatable bonds is 4. The number of hydrogen-bond donors (Lipinski definition) is 0. The lowest BCUT2D eigenvalue weighted by atomic mass is 10.1. The molecule has 0 saturated heterocycles. The van der Waals surface area contributed by atoms with Gasteiger partial charge in [-0.1, -0.05) is 56.6 Å². The fourth-order valence-electron chi connectivity index (χ4n) is 1.33. The summed E-state index contributed by atoms with van der Waals surface area (Å²) in [6.07, 6.45) is 1.90. The molecule has 0 N–H and O–H groups in total. The summed E-state index contributed by atoms with van der Waals surface area (Å²) in [5.74, 6) is 0. The third-order valence-electron chi connectivity index (χ3n) is 2.75. The molecule has 0 heterocycles. The van der Waals surface area contributed by atoms with Gasteiger partial charge in [-0.15, -0.1) is 0 Å². The van der Waals surface area contributed by atoms with Crippen LogP contribution in [0.5, 0.6) is 0 Å². The van der Waals surface area contributed by atoms with Gasteiger partial charge in [0.2, 0.25) is 0 Å². The maximum atomic E-state index is 3.80. The SMILES string of the molecule is C=Cc1cccc(CN(C)[Si](C)(C)C)c1. The zero-order valence-corrected chi connectivity index (χ0v) is 11.2. The predicted molar refractivity (Wildman–Crippen MR) is 71.3 cm³/mol. The molecule has 0 fully saturated rings. The average Bonchev–Trinajstić information content (AvgIpc) is 2.16. The summed E-state index contributed by atoms with van der Waals surface area (Å²) in [5.41, 5.74) is 2.58. The first kappa shape index (κ1) is 12.2. The summed E-state index contributed by atoms with van der Waals surface area (Å²) in [7, 11) is 1.05. The maximum Gasteiger partial charge on any atom is 0.119 e. The molecule has 0 bridgehead atoms. The lowest BCUT2D eigenvalue weighted by molar-refractivity contribution is 0.505. The largest absolute Gasteiger partial charge is 0.323 e. The van der Waals surface area contributed by atoms with Gasteiger partial charge in [0.25, 0.3) is 0 Å². The molecule has 0 aliphatic carbocycles. The minimum atomic E-state index is -1.16. The van der Waals surface area contributed by atoms with Gasteiger partial charge < -0.3 is 4.57 Å². The molecule has 0 aromatic heterocycles. The highest BCUT2D eigenvalue weighted by atomic mass is 28.3. The van der Waals surface area contributed by atoms with E-state index in [1.807, 2.05) is 6.08 Å². The van der Waals surface area contributed by atoms with Crippen molar-refractivity contribution in [2.45, 2.75) is 26.2 Å². The van der Waals surface area contributed by atoms with E-state index in [1.165, 1.54) is 11.1 Å². The number of nitrogens with zero attached hydrogens (tertiary/aromatic N) is 1. The van der Waals surface area contributed by atoms with Crippen molar-refractivity contribution in [1.82, 2.24) is 4.57 Å². The third kappa shape index (κ3) is 3.65. The molecule has 15 heavy (non-hydrogen) atoms. The first-order chi connectivity index (χ1) is 6.93. The number of benzene rings is 1. The standard InChI is InChI=1S/C13H21NSi/c1-6-12-8-7-9-13(10-12)11-14(2)15(3,4)5/h6-10H,1,11H2,2-5H3. The van der Waals surface area contributed by atoms with Gasteiger partial charge in [-0.05, 0) is 18.2 Å².